The van der Waals surface area contributed by atoms with Gasteiger partial charge in [-0.15, -0.1) is 0 Å². The van der Waals surface area contributed by atoms with Gasteiger partial charge in [0.05, 0.1) is 12.8 Å². The molecule has 1 aromatic heterocycles. The van der Waals surface area contributed by atoms with E-state index in [1.807, 2.05) is 6.07 Å². The number of furan rings is 1. The minimum atomic E-state index is 0.554. The molecular formula is C13H24N2O. The molecule has 2 N–H and O–H groups in total. The van der Waals surface area contributed by atoms with Crippen LogP contribution in [0.5, 0.6) is 0 Å². The van der Waals surface area contributed by atoms with E-state index in [0.29, 0.717) is 12.6 Å². The van der Waals surface area contributed by atoms with Crippen molar-refractivity contribution in [3.05, 3.63) is 23.7 Å². The summed E-state index contributed by atoms with van der Waals surface area (Å²) in [5, 5.41) is 0. The molecule has 0 saturated heterocycles. The van der Waals surface area contributed by atoms with E-state index in [-0.39, 0.29) is 0 Å². The van der Waals surface area contributed by atoms with Crippen molar-refractivity contribution < 1.29 is 4.42 Å². The topological polar surface area (TPSA) is 42.4 Å². The third-order valence-electron chi connectivity index (χ3n) is 3.02. The summed E-state index contributed by atoms with van der Waals surface area (Å²) in [4.78, 5) is 2.32. The van der Waals surface area contributed by atoms with Gasteiger partial charge in [0.2, 0.25) is 0 Å². The number of hydrogen-bond acceptors (Lipinski definition) is 3. The summed E-state index contributed by atoms with van der Waals surface area (Å²) >= 11 is 0. The van der Waals surface area contributed by atoms with E-state index in [1.165, 1.54) is 6.42 Å². The van der Waals surface area contributed by atoms with Crippen molar-refractivity contribution in [2.24, 2.45) is 11.7 Å². The standard InChI is InChI=1S/C13H24N2O/c1-10(2)7-11(3)15(4)9-13-12(8-14)5-6-16-13/h5-6,10-11H,7-9,14H2,1-4H3. The maximum Gasteiger partial charge on any atom is 0.122 e. The Morgan fingerprint density at radius 2 is 2.06 bits per heavy atom. The fourth-order valence-electron chi connectivity index (χ4n) is 1.93. The van der Waals surface area contributed by atoms with Gasteiger partial charge >= 0.3 is 0 Å². The molecule has 1 rings (SSSR count). The molecule has 0 aromatic carbocycles. The average Bonchev–Trinajstić information content (AvgIpc) is 2.64. The highest BCUT2D eigenvalue weighted by atomic mass is 16.3. The lowest BCUT2D eigenvalue weighted by Crippen LogP contribution is -2.30. The van der Waals surface area contributed by atoms with Gasteiger partial charge in [0.15, 0.2) is 0 Å². The fourth-order valence-corrected chi connectivity index (χ4v) is 1.93. The first-order valence-electron chi connectivity index (χ1n) is 6.00. The fraction of sp³-hybridized carbons (Fsp3) is 0.692. The molecule has 1 heterocycles. The molecule has 16 heavy (non-hydrogen) atoms. The molecule has 1 unspecified atom stereocenters. The van der Waals surface area contributed by atoms with Crippen molar-refractivity contribution in [3.63, 3.8) is 0 Å². The van der Waals surface area contributed by atoms with Crippen LogP contribution in [0.4, 0.5) is 0 Å². The molecule has 3 nitrogen and oxygen atoms in total. The Labute approximate surface area is 98.6 Å². The minimum absolute atomic E-state index is 0.554. The second-order valence-corrected chi connectivity index (χ2v) is 4.97. The molecule has 0 radical (unpaired) electrons. The normalized spacial score (nSPS) is 13.7. The summed E-state index contributed by atoms with van der Waals surface area (Å²) in [7, 11) is 2.13. The molecule has 0 fully saturated rings. The highest BCUT2D eigenvalue weighted by molar-refractivity contribution is 5.16. The molecule has 0 aliphatic heterocycles. The lowest BCUT2D eigenvalue weighted by molar-refractivity contribution is 0.204. The van der Waals surface area contributed by atoms with Gasteiger partial charge in [-0.1, -0.05) is 13.8 Å². The van der Waals surface area contributed by atoms with Crippen LogP contribution in [0.25, 0.3) is 0 Å². The van der Waals surface area contributed by atoms with Crippen LogP contribution in [0, 0.1) is 5.92 Å². The molecule has 0 saturated carbocycles. The van der Waals surface area contributed by atoms with Crippen LogP contribution in [-0.4, -0.2) is 18.0 Å². The number of nitrogens with two attached hydrogens (primary N) is 1. The largest absolute Gasteiger partial charge is 0.468 e. The van der Waals surface area contributed by atoms with E-state index >= 15 is 0 Å². The van der Waals surface area contributed by atoms with E-state index < -0.39 is 0 Å². The number of nitrogens with zero attached hydrogens (tertiary/aromatic N) is 1. The average molecular weight is 224 g/mol. The van der Waals surface area contributed by atoms with Crippen molar-refractivity contribution in [1.29, 1.82) is 0 Å². The molecule has 1 aromatic rings. The Balaban J connectivity index is 2.53. The van der Waals surface area contributed by atoms with Gasteiger partial charge in [0.1, 0.15) is 5.76 Å². The van der Waals surface area contributed by atoms with Gasteiger partial charge in [-0.05, 0) is 32.4 Å². The van der Waals surface area contributed by atoms with Gasteiger partial charge in [-0.3, -0.25) is 4.90 Å². The van der Waals surface area contributed by atoms with Crippen LogP contribution in [-0.2, 0) is 13.1 Å². The van der Waals surface area contributed by atoms with Crippen molar-refractivity contribution in [2.45, 2.75) is 46.3 Å². The lowest BCUT2D eigenvalue weighted by atomic mass is 10.0. The van der Waals surface area contributed by atoms with Crippen LogP contribution >= 0.6 is 0 Å². The predicted octanol–water partition coefficient (Wildman–Crippen LogP) is 2.60. The van der Waals surface area contributed by atoms with Crippen molar-refractivity contribution >= 4 is 0 Å². The summed E-state index contributed by atoms with van der Waals surface area (Å²) in [6.07, 6.45) is 2.92. The van der Waals surface area contributed by atoms with Gasteiger partial charge in [-0.25, -0.2) is 0 Å². The second-order valence-electron chi connectivity index (χ2n) is 4.97. The Morgan fingerprint density at radius 1 is 1.38 bits per heavy atom. The van der Waals surface area contributed by atoms with Crippen molar-refractivity contribution in [2.75, 3.05) is 7.05 Å². The Morgan fingerprint density at radius 3 is 2.62 bits per heavy atom. The molecule has 92 valence electrons. The summed E-state index contributed by atoms with van der Waals surface area (Å²) in [6, 6.07) is 2.52. The molecule has 1 atom stereocenters. The van der Waals surface area contributed by atoms with E-state index in [4.69, 9.17) is 10.2 Å². The summed E-state index contributed by atoms with van der Waals surface area (Å²) in [5.41, 5.74) is 6.76. The molecule has 0 aliphatic carbocycles. The first-order chi connectivity index (χ1) is 7.54. The molecule has 0 spiro atoms. The lowest BCUT2D eigenvalue weighted by Gasteiger charge is -2.25. The Bertz CT molecular complexity index is 307. The van der Waals surface area contributed by atoms with Crippen LogP contribution in [0.3, 0.4) is 0 Å². The molecular weight excluding hydrogens is 200 g/mol. The zero-order valence-electron chi connectivity index (χ0n) is 10.9. The third-order valence-corrected chi connectivity index (χ3v) is 3.02. The zero-order valence-corrected chi connectivity index (χ0v) is 10.9. The smallest absolute Gasteiger partial charge is 0.122 e. The Hall–Kier alpha value is -0.800. The Kier molecular flexibility index (Phi) is 5.03. The zero-order chi connectivity index (χ0) is 12.1. The minimum Gasteiger partial charge on any atom is -0.468 e. The second kappa shape index (κ2) is 6.06. The first kappa shape index (κ1) is 13.3. The highest BCUT2D eigenvalue weighted by Gasteiger charge is 2.14. The van der Waals surface area contributed by atoms with Gasteiger partial charge in [0.25, 0.3) is 0 Å². The third kappa shape index (κ3) is 3.65. The maximum atomic E-state index is 5.65. The molecule has 0 amide bonds. The number of rotatable bonds is 6. The van der Waals surface area contributed by atoms with Gasteiger partial charge in [0, 0.05) is 18.2 Å². The predicted molar refractivity (Wildman–Crippen MR) is 67.0 cm³/mol. The van der Waals surface area contributed by atoms with Gasteiger partial charge in [-0.2, -0.15) is 0 Å². The van der Waals surface area contributed by atoms with Crippen LogP contribution in [0.2, 0.25) is 0 Å². The summed E-state index contributed by atoms with van der Waals surface area (Å²) in [6.45, 7) is 8.15. The van der Waals surface area contributed by atoms with Crippen molar-refractivity contribution in [1.82, 2.24) is 4.90 Å². The quantitative estimate of drug-likeness (QED) is 0.807. The highest BCUT2D eigenvalue weighted by Crippen LogP contribution is 2.16. The summed E-state index contributed by atoms with van der Waals surface area (Å²) < 4.78 is 5.46. The van der Waals surface area contributed by atoms with Crippen molar-refractivity contribution in [3.8, 4) is 0 Å². The summed E-state index contributed by atoms with van der Waals surface area (Å²) in [5.74, 6) is 1.73. The maximum absolute atomic E-state index is 5.65. The number of hydrogen-bond donors (Lipinski definition) is 1. The van der Waals surface area contributed by atoms with E-state index in [1.54, 1.807) is 6.26 Å². The molecule has 0 aliphatic rings. The monoisotopic (exact) mass is 224 g/mol. The van der Waals surface area contributed by atoms with Gasteiger partial charge < -0.3 is 10.2 Å². The van der Waals surface area contributed by atoms with Crippen LogP contribution in [0.1, 0.15) is 38.5 Å². The SMILES string of the molecule is CC(C)CC(C)N(C)Cc1occc1CN. The molecule has 3 heteroatoms. The van der Waals surface area contributed by atoms with Crippen LogP contribution < -0.4 is 5.73 Å². The van der Waals surface area contributed by atoms with E-state index in [9.17, 15) is 0 Å². The van der Waals surface area contributed by atoms with Crippen LogP contribution in [0.15, 0.2) is 16.7 Å². The first-order valence-corrected chi connectivity index (χ1v) is 6.00. The van der Waals surface area contributed by atoms with E-state index in [0.717, 1.165) is 23.8 Å². The van der Waals surface area contributed by atoms with E-state index in [2.05, 4.69) is 32.7 Å². The molecule has 0 bridgehead atoms.